The summed E-state index contributed by atoms with van der Waals surface area (Å²) in [4.78, 5) is 0. The second-order valence-corrected chi connectivity index (χ2v) is 5.72. The maximum Gasteiger partial charge on any atom is 0.156 e. The summed E-state index contributed by atoms with van der Waals surface area (Å²) < 4.78 is 0. The third-order valence-corrected chi connectivity index (χ3v) is 4.28. The fourth-order valence-corrected chi connectivity index (χ4v) is 2.98. The Kier molecular flexibility index (Phi) is 3.83. The Morgan fingerprint density at radius 3 is 2.80 bits per heavy atom. The van der Waals surface area contributed by atoms with Crippen molar-refractivity contribution in [3.05, 3.63) is 30.0 Å². The minimum atomic E-state index is 0.406. The lowest BCUT2D eigenvalue weighted by Gasteiger charge is -2.29. The summed E-state index contributed by atoms with van der Waals surface area (Å²) in [6.45, 7) is 6.49. The van der Waals surface area contributed by atoms with Crippen molar-refractivity contribution < 1.29 is 0 Å². The number of benzene rings is 1. The van der Waals surface area contributed by atoms with Gasteiger partial charge in [-0.05, 0) is 45.7 Å². The maximum absolute atomic E-state index is 4.36. The van der Waals surface area contributed by atoms with Crippen LogP contribution in [0, 0.1) is 12.8 Å². The number of fused-ring (bicyclic) bond motifs is 1. The molecule has 2 atom stereocenters. The van der Waals surface area contributed by atoms with Crippen LogP contribution in [0.2, 0.25) is 0 Å². The van der Waals surface area contributed by atoms with Crippen LogP contribution in [0.4, 0.5) is 5.82 Å². The van der Waals surface area contributed by atoms with E-state index in [4.69, 9.17) is 0 Å². The lowest BCUT2D eigenvalue weighted by Crippen LogP contribution is -2.39. The topological polar surface area (TPSA) is 49.8 Å². The molecule has 0 radical (unpaired) electrons. The molecule has 1 fully saturated rings. The Hall–Kier alpha value is -1.68. The third-order valence-electron chi connectivity index (χ3n) is 4.28. The zero-order valence-electron chi connectivity index (χ0n) is 12.2. The first-order chi connectivity index (χ1) is 9.75. The second kappa shape index (κ2) is 5.75. The van der Waals surface area contributed by atoms with Crippen molar-refractivity contribution in [1.29, 1.82) is 0 Å². The highest BCUT2D eigenvalue weighted by Gasteiger charge is 2.20. The molecule has 3 rings (SSSR count). The number of piperidine rings is 1. The monoisotopic (exact) mass is 270 g/mol. The van der Waals surface area contributed by atoms with Gasteiger partial charge < -0.3 is 10.6 Å². The predicted octanol–water partition coefficient (Wildman–Crippen LogP) is 2.74. The minimum Gasteiger partial charge on any atom is -0.365 e. The molecule has 0 bridgehead atoms. The van der Waals surface area contributed by atoms with E-state index in [-0.39, 0.29) is 0 Å². The van der Waals surface area contributed by atoms with Crippen LogP contribution in [0.15, 0.2) is 24.3 Å². The maximum atomic E-state index is 4.36. The quantitative estimate of drug-likeness (QED) is 0.900. The zero-order valence-corrected chi connectivity index (χ0v) is 12.2. The van der Waals surface area contributed by atoms with Crippen LogP contribution in [0.5, 0.6) is 0 Å². The molecule has 4 nitrogen and oxygen atoms in total. The van der Waals surface area contributed by atoms with Gasteiger partial charge in [-0.2, -0.15) is 5.10 Å². The van der Waals surface area contributed by atoms with Gasteiger partial charge in [0.05, 0.1) is 5.69 Å². The molecule has 0 spiro atoms. The molecule has 2 N–H and O–H groups in total. The summed E-state index contributed by atoms with van der Waals surface area (Å²) in [5.41, 5.74) is 0.984. The number of hydrogen-bond acceptors (Lipinski definition) is 4. The van der Waals surface area contributed by atoms with E-state index in [1.165, 1.54) is 18.2 Å². The molecule has 1 aliphatic heterocycles. The van der Waals surface area contributed by atoms with Gasteiger partial charge in [0, 0.05) is 16.8 Å². The van der Waals surface area contributed by atoms with Gasteiger partial charge in [-0.3, -0.25) is 0 Å². The van der Waals surface area contributed by atoms with Crippen molar-refractivity contribution in [2.75, 3.05) is 18.4 Å². The van der Waals surface area contributed by atoms with Gasteiger partial charge in [0.2, 0.25) is 0 Å². The number of anilines is 1. The molecule has 106 valence electrons. The first-order valence-corrected chi connectivity index (χ1v) is 7.45. The molecular formula is C16H22N4. The highest BCUT2D eigenvalue weighted by molar-refractivity contribution is 5.92. The molecule has 1 aliphatic rings. The van der Waals surface area contributed by atoms with E-state index in [1.54, 1.807) is 0 Å². The zero-order chi connectivity index (χ0) is 13.9. The van der Waals surface area contributed by atoms with Crippen molar-refractivity contribution in [3.63, 3.8) is 0 Å². The molecule has 20 heavy (non-hydrogen) atoms. The molecule has 0 amide bonds. The van der Waals surface area contributed by atoms with Crippen LogP contribution in [-0.2, 0) is 0 Å². The summed E-state index contributed by atoms with van der Waals surface area (Å²) in [5, 5.41) is 18.0. The Labute approximate surface area is 120 Å². The standard InChI is InChI=1S/C16H22N4/c1-11(13-6-5-9-17-10-13)18-16-15-8-4-3-7-14(15)12(2)19-20-16/h3-4,7-8,11,13,17H,5-6,9-10H2,1-2H3,(H,18,20). The number of aromatic nitrogens is 2. The number of nitrogens with one attached hydrogen (secondary N) is 2. The van der Waals surface area contributed by atoms with E-state index in [0.29, 0.717) is 12.0 Å². The van der Waals surface area contributed by atoms with Crippen LogP contribution >= 0.6 is 0 Å². The molecule has 2 heterocycles. The smallest absolute Gasteiger partial charge is 0.156 e. The minimum absolute atomic E-state index is 0.406. The summed E-state index contributed by atoms with van der Waals surface area (Å²) in [6.07, 6.45) is 2.54. The second-order valence-electron chi connectivity index (χ2n) is 5.72. The Bertz CT molecular complexity index is 590. The molecule has 1 saturated heterocycles. The van der Waals surface area contributed by atoms with Gasteiger partial charge >= 0.3 is 0 Å². The van der Waals surface area contributed by atoms with Crippen molar-refractivity contribution in [2.45, 2.75) is 32.7 Å². The van der Waals surface area contributed by atoms with Gasteiger partial charge in [-0.1, -0.05) is 24.3 Å². The molecule has 0 aliphatic carbocycles. The first-order valence-electron chi connectivity index (χ1n) is 7.45. The molecule has 4 heteroatoms. The fraction of sp³-hybridized carbons (Fsp3) is 0.500. The van der Waals surface area contributed by atoms with E-state index < -0.39 is 0 Å². The van der Waals surface area contributed by atoms with Crippen molar-refractivity contribution in [2.24, 2.45) is 5.92 Å². The van der Waals surface area contributed by atoms with Crippen LogP contribution in [-0.4, -0.2) is 29.3 Å². The van der Waals surface area contributed by atoms with Gasteiger partial charge in [-0.15, -0.1) is 5.10 Å². The number of hydrogen-bond donors (Lipinski definition) is 2. The van der Waals surface area contributed by atoms with E-state index in [1.807, 2.05) is 6.92 Å². The molecule has 2 unspecified atom stereocenters. The Morgan fingerprint density at radius 2 is 2.05 bits per heavy atom. The van der Waals surface area contributed by atoms with E-state index in [9.17, 15) is 0 Å². The number of rotatable bonds is 3. The third kappa shape index (κ3) is 2.61. The van der Waals surface area contributed by atoms with Gasteiger partial charge in [0.15, 0.2) is 5.82 Å². The van der Waals surface area contributed by atoms with E-state index in [2.05, 4.69) is 52.0 Å². The van der Waals surface area contributed by atoms with Crippen molar-refractivity contribution in [3.8, 4) is 0 Å². The largest absolute Gasteiger partial charge is 0.365 e. The summed E-state index contributed by atoms with van der Waals surface area (Å²) in [5.74, 6) is 1.56. The molecule has 0 saturated carbocycles. The van der Waals surface area contributed by atoms with Crippen LogP contribution in [0.1, 0.15) is 25.5 Å². The molecule has 1 aromatic heterocycles. The highest BCUT2D eigenvalue weighted by atomic mass is 15.2. The highest BCUT2D eigenvalue weighted by Crippen LogP contribution is 2.25. The van der Waals surface area contributed by atoms with E-state index >= 15 is 0 Å². The van der Waals surface area contributed by atoms with Crippen LogP contribution in [0.25, 0.3) is 10.8 Å². The summed E-state index contributed by atoms with van der Waals surface area (Å²) in [7, 11) is 0. The van der Waals surface area contributed by atoms with Gasteiger partial charge in [-0.25, -0.2) is 0 Å². The lowest BCUT2D eigenvalue weighted by atomic mass is 9.93. The number of nitrogens with zero attached hydrogens (tertiary/aromatic N) is 2. The molecule has 2 aromatic rings. The van der Waals surface area contributed by atoms with Crippen LogP contribution < -0.4 is 10.6 Å². The molecule has 1 aromatic carbocycles. The number of aryl methyl sites for hydroxylation is 1. The SMILES string of the molecule is Cc1nnc(NC(C)C2CCCNC2)c2ccccc12. The predicted molar refractivity (Wildman–Crippen MR) is 83.0 cm³/mol. The Morgan fingerprint density at radius 1 is 1.25 bits per heavy atom. The van der Waals surface area contributed by atoms with Gasteiger partial charge in [0.1, 0.15) is 0 Å². The van der Waals surface area contributed by atoms with Crippen molar-refractivity contribution in [1.82, 2.24) is 15.5 Å². The van der Waals surface area contributed by atoms with Crippen molar-refractivity contribution >= 4 is 16.6 Å². The average Bonchev–Trinajstić information content (AvgIpc) is 2.51. The fourth-order valence-electron chi connectivity index (χ4n) is 2.98. The summed E-state index contributed by atoms with van der Waals surface area (Å²) in [6, 6.07) is 8.74. The van der Waals surface area contributed by atoms with Gasteiger partial charge in [0.25, 0.3) is 0 Å². The average molecular weight is 270 g/mol. The summed E-state index contributed by atoms with van der Waals surface area (Å²) >= 11 is 0. The normalized spacial score (nSPS) is 20.8. The molecular weight excluding hydrogens is 248 g/mol. The Balaban J connectivity index is 1.85. The van der Waals surface area contributed by atoms with E-state index in [0.717, 1.165) is 30.0 Å². The van der Waals surface area contributed by atoms with Crippen LogP contribution in [0.3, 0.4) is 0 Å². The first kappa shape index (κ1) is 13.3. The lowest BCUT2D eigenvalue weighted by molar-refractivity contribution is 0.346.